The van der Waals surface area contributed by atoms with Crippen LogP contribution in [-0.2, 0) is 6.54 Å². The zero-order valence-corrected chi connectivity index (χ0v) is 13.4. The second-order valence-electron chi connectivity index (χ2n) is 4.50. The van der Waals surface area contributed by atoms with Crippen LogP contribution in [0.1, 0.15) is 5.56 Å². The highest BCUT2D eigenvalue weighted by Gasteiger charge is 2.06. The number of methoxy groups -OCH3 is 1. The lowest BCUT2D eigenvalue weighted by molar-refractivity contribution is 0.415. The molecule has 0 atom stereocenters. The smallest absolute Gasteiger partial charge is 0.173 e. The van der Waals surface area contributed by atoms with E-state index in [0.29, 0.717) is 16.8 Å². The lowest BCUT2D eigenvalue weighted by atomic mass is 10.3. The second kappa shape index (κ2) is 7.24. The molecule has 2 rings (SSSR count). The maximum absolute atomic E-state index is 5.77. The standard InChI is InChI=1S/C15H16ClN3OS/c1-19(10-11-3-8-14(16)17-9-11)15(21)18-12-4-6-13(20-2)7-5-12/h3-9H,10H2,1-2H3,(H,18,21). The predicted octanol–water partition coefficient (Wildman–Crippen LogP) is 3.57. The third-order valence-corrected chi connectivity index (χ3v) is 3.53. The van der Waals surface area contributed by atoms with Crippen molar-refractivity contribution >= 4 is 34.6 Å². The van der Waals surface area contributed by atoms with Crippen LogP contribution in [0.15, 0.2) is 42.6 Å². The molecule has 6 heteroatoms. The summed E-state index contributed by atoms with van der Waals surface area (Å²) in [4.78, 5) is 5.99. The summed E-state index contributed by atoms with van der Waals surface area (Å²) >= 11 is 11.2. The molecular weight excluding hydrogens is 306 g/mol. The molecule has 0 radical (unpaired) electrons. The van der Waals surface area contributed by atoms with Crippen LogP contribution >= 0.6 is 23.8 Å². The molecule has 0 aliphatic heterocycles. The lowest BCUT2D eigenvalue weighted by Gasteiger charge is -2.21. The van der Waals surface area contributed by atoms with Gasteiger partial charge in [0.25, 0.3) is 0 Å². The monoisotopic (exact) mass is 321 g/mol. The minimum absolute atomic E-state index is 0.486. The van der Waals surface area contributed by atoms with Crippen molar-refractivity contribution < 1.29 is 4.74 Å². The fourth-order valence-corrected chi connectivity index (χ4v) is 2.03. The molecular formula is C15H16ClN3OS. The molecule has 1 aromatic heterocycles. The van der Waals surface area contributed by atoms with Gasteiger partial charge in [-0.1, -0.05) is 17.7 Å². The van der Waals surface area contributed by atoms with E-state index in [-0.39, 0.29) is 0 Å². The average molecular weight is 322 g/mol. The second-order valence-corrected chi connectivity index (χ2v) is 5.28. The van der Waals surface area contributed by atoms with E-state index in [9.17, 15) is 0 Å². The summed E-state index contributed by atoms with van der Waals surface area (Å²) in [6.07, 6.45) is 1.74. The van der Waals surface area contributed by atoms with Crippen molar-refractivity contribution in [2.24, 2.45) is 0 Å². The Balaban J connectivity index is 1.93. The highest BCUT2D eigenvalue weighted by Crippen LogP contribution is 2.16. The third kappa shape index (κ3) is 4.58. The molecule has 1 heterocycles. The number of nitrogens with zero attached hydrogens (tertiary/aromatic N) is 2. The van der Waals surface area contributed by atoms with Crippen molar-refractivity contribution in [1.29, 1.82) is 0 Å². The van der Waals surface area contributed by atoms with Crippen LogP contribution < -0.4 is 10.1 Å². The molecule has 0 spiro atoms. The van der Waals surface area contributed by atoms with Crippen LogP contribution in [0.4, 0.5) is 5.69 Å². The Morgan fingerprint density at radius 3 is 2.57 bits per heavy atom. The Morgan fingerprint density at radius 2 is 2.00 bits per heavy atom. The quantitative estimate of drug-likeness (QED) is 0.688. The molecule has 0 aliphatic carbocycles. The number of ether oxygens (including phenoxy) is 1. The Morgan fingerprint density at radius 1 is 1.29 bits per heavy atom. The minimum atomic E-state index is 0.486. The van der Waals surface area contributed by atoms with Crippen LogP contribution in [0.3, 0.4) is 0 Å². The van der Waals surface area contributed by atoms with E-state index in [1.54, 1.807) is 19.4 Å². The minimum Gasteiger partial charge on any atom is -0.497 e. The molecule has 21 heavy (non-hydrogen) atoms. The van der Waals surface area contributed by atoms with Gasteiger partial charge in [0.15, 0.2) is 5.11 Å². The molecule has 0 amide bonds. The molecule has 0 aliphatic rings. The highest BCUT2D eigenvalue weighted by molar-refractivity contribution is 7.80. The van der Waals surface area contributed by atoms with Gasteiger partial charge in [0.05, 0.1) is 7.11 Å². The van der Waals surface area contributed by atoms with Crippen molar-refractivity contribution in [1.82, 2.24) is 9.88 Å². The maximum atomic E-state index is 5.77. The number of thiocarbonyl (C=S) groups is 1. The van der Waals surface area contributed by atoms with Gasteiger partial charge in [-0.2, -0.15) is 0 Å². The number of nitrogens with one attached hydrogen (secondary N) is 1. The summed E-state index contributed by atoms with van der Waals surface area (Å²) in [5.41, 5.74) is 1.96. The molecule has 0 fully saturated rings. The Labute approximate surface area is 134 Å². The van der Waals surface area contributed by atoms with E-state index in [4.69, 9.17) is 28.6 Å². The number of benzene rings is 1. The molecule has 1 N–H and O–H groups in total. The largest absolute Gasteiger partial charge is 0.497 e. The molecule has 0 bridgehead atoms. The number of pyridine rings is 1. The summed E-state index contributed by atoms with van der Waals surface area (Å²) in [5.74, 6) is 0.812. The Bertz CT molecular complexity index is 601. The van der Waals surface area contributed by atoms with Crippen molar-refractivity contribution in [2.75, 3.05) is 19.5 Å². The SMILES string of the molecule is COc1ccc(NC(=S)N(C)Cc2ccc(Cl)nc2)cc1. The number of halogens is 1. The van der Waals surface area contributed by atoms with E-state index >= 15 is 0 Å². The average Bonchev–Trinajstić information content (AvgIpc) is 2.50. The molecule has 4 nitrogen and oxygen atoms in total. The van der Waals surface area contributed by atoms with Gasteiger partial charge >= 0.3 is 0 Å². The Kier molecular flexibility index (Phi) is 5.36. The van der Waals surface area contributed by atoms with Crippen LogP contribution in [0.25, 0.3) is 0 Å². The fraction of sp³-hybridized carbons (Fsp3) is 0.200. The topological polar surface area (TPSA) is 37.4 Å². The van der Waals surface area contributed by atoms with Crippen LogP contribution in [0.5, 0.6) is 5.75 Å². The Hall–Kier alpha value is -1.85. The first-order valence-corrected chi connectivity index (χ1v) is 7.13. The van der Waals surface area contributed by atoms with Crippen LogP contribution in [0, 0.1) is 0 Å². The maximum Gasteiger partial charge on any atom is 0.173 e. The van der Waals surface area contributed by atoms with Crippen molar-refractivity contribution in [2.45, 2.75) is 6.54 Å². The van der Waals surface area contributed by atoms with E-state index in [0.717, 1.165) is 17.0 Å². The normalized spacial score (nSPS) is 10.0. The van der Waals surface area contributed by atoms with E-state index in [1.165, 1.54) is 0 Å². The van der Waals surface area contributed by atoms with E-state index in [2.05, 4.69) is 10.3 Å². The molecule has 0 saturated heterocycles. The lowest BCUT2D eigenvalue weighted by Crippen LogP contribution is -2.30. The van der Waals surface area contributed by atoms with Gasteiger partial charge in [-0.15, -0.1) is 0 Å². The number of hydrogen-bond acceptors (Lipinski definition) is 3. The van der Waals surface area contributed by atoms with Crippen molar-refractivity contribution in [3.8, 4) is 5.75 Å². The zero-order valence-electron chi connectivity index (χ0n) is 11.8. The van der Waals surface area contributed by atoms with Crippen molar-refractivity contribution in [3.05, 3.63) is 53.3 Å². The number of rotatable bonds is 4. The van der Waals surface area contributed by atoms with Gasteiger partial charge in [-0.25, -0.2) is 4.98 Å². The summed E-state index contributed by atoms with van der Waals surface area (Å²) in [6, 6.07) is 11.3. The highest BCUT2D eigenvalue weighted by atomic mass is 35.5. The molecule has 2 aromatic rings. The van der Waals surface area contributed by atoms with Crippen LogP contribution in [0.2, 0.25) is 5.15 Å². The third-order valence-electron chi connectivity index (χ3n) is 2.90. The predicted molar refractivity (Wildman–Crippen MR) is 89.9 cm³/mol. The van der Waals surface area contributed by atoms with Gasteiger partial charge in [0, 0.05) is 25.5 Å². The zero-order chi connectivity index (χ0) is 15.2. The first-order chi connectivity index (χ1) is 10.1. The summed E-state index contributed by atoms with van der Waals surface area (Å²) in [5, 5.41) is 4.30. The van der Waals surface area contributed by atoms with Gasteiger partial charge in [0.2, 0.25) is 0 Å². The summed E-state index contributed by atoms with van der Waals surface area (Å²) in [6.45, 7) is 0.659. The van der Waals surface area contributed by atoms with Gasteiger partial charge in [0.1, 0.15) is 10.9 Å². The summed E-state index contributed by atoms with van der Waals surface area (Å²) < 4.78 is 5.12. The fourth-order valence-electron chi connectivity index (χ4n) is 1.74. The van der Waals surface area contributed by atoms with E-state index in [1.807, 2.05) is 42.3 Å². The van der Waals surface area contributed by atoms with Gasteiger partial charge < -0.3 is 15.0 Å². The molecule has 1 aromatic carbocycles. The van der Waals surface area contributed by atoms with Crippen LogP contribution in [-0.4, -0.2) is 29.2 Å². The summed E-state index contributed by atoms with van der Waals surface area (Å²) in [7, 11) is 3.56. The number of aromatic nitrogens is 1. The number of anilines is 1. The van der Waals surface area contributed by atoms with E-state index < -0.39 is 0 Å². The molecule has 110 valence electrons. The van der Waals surface area contributed by atoms with Gasteiger partial charge in [-0.3, -0.25) is 0 Å². The van der Waals surface area contributed by atoms with Crippen molar-refractivity contribution in [3.63, 3.8) is 0 Å². The first kappa shape index (κ1) is 15.5. The molecule has 0 unspecified atom stereocenters. The van der Waals surface area contributed by atoms with Gasteiger partial charge in [-0.05, 0) is 48.1 Å². The first-order valence-electron chi connectivity index (χ1n) is 6.35. The number of hydrogen-bond donors (Lipinski definition) is 1. The molecule has 0 saturated carbocycles.